The summed E-state index contributed by atoms with van der Waals surface area (Å²) in [5.41, 5.74) is 0.521. The highest BCUT2D eigenvalue weighted by Gasteiger charge is 2.37. The second-order valence-electron chi connectivity index (χ2n) is 5.23. The van der Waals surface area contributed by atoms with Crippen LogP contribution in [0.3, 0.4) is 0 Å². The van der Waals surface area contributed by atoms with Crippen molar-refractivity contribution < 1.29 is 19.1 Å². The largest absolute Gasteiger partial charge is 0.490 e. The molecule has 4 nitrogen and oxygen atoms in total. The molecule has 1 aromatic rings. The number of hydrogen-bond donors (Lipinski definition) is 0. The maximum Gasteiger partial charge on any atom is 0.309 e. The fourth-order valence-electron chi connectivity index (χ4n) is 2.18. The van der Waals surface area contributed by atoms with Crippen LogP contribution in [0, 0.1) is 5.92 Å². The van der Waals surface area contributed by atoms with Gasteiger partial charge in [-0.1, -0.05) is 29.3 Å². The van der Waals surface area contributed by atoms with Gasteiger partial charge in [-0.25, -0.2) is 0 Å². The summed E-state index contributed by atoms with van der Waals surface area (Å²) in [5.74, 6) is 0.356. The zero-order valence-electron chi connectivity index (χ0n) is 12.0. The van der Waals surface area contributed by atoms with Crippen LogP contribution in [0.5, 0.6) is 5.75 Å². The van der Waals surface area contributed by atoms with Crippen LogP contribution >= 0.6 is 15.9 Å². The van der Waals surface area contributed by atoms with Gasteiger partial charge in [-0.2, -0.15) is 0 Å². The van der Waals surface area contributed by atoms with Crippen molar-refractivity contribution in [1.29, 1.82) is 0 Å². The van der Waals surface area contributed by atoms with Crippen LogP contribution < -0.4 is 4.74 Å². The minimum atomic E-state index is -0.131. The first-order valence-corrected chi connectivity index (χ1v) is 8.01. The number of unbranched alkanes of at least 4 members (excludes halogenated alkanes) is 1. The summed E-state index contributed by atoms with van der Waals surface area (Å²) in [6.07, 6.45) is 3.96. The molecule has 0 amide bonds. The Labute approximate surface area is 132 Å². The number of rotatable bonds is 7. The van der Waals surface area contributed by atoms with Crippen molar-refractivity contribution >= 4 is 28.2 Å². The van der Waals surface area contributed by atoms with Crippen LogP contribution in [0.4, 0.5) is 0 Å². The molecule has 5 heteroatoms. The van der Waals surface area contributed by atoms with E-state index in [4.69, 9.17) is 9.47 Å². The maximum absolute atomic E-state index is 11.7. The average Bonchev–Trinajstić information content (AvgIpc) is 2.42. The lowest BCUT2D eigenvalue weighted by Crippen LogP contribution is -2.39. The number of hydrogen-bond acceptors (Lipinski definition) is 4. The zero-order chi connectivity index (χ0) is 15.2. The van der Waals surface area contributed by atoms with Gasteiger partial charge in [-0.3, -0.25) is 9.59 Å². The number of aldehydes is 1. The van der Waals surface area contributed by atoms with Crippen molar-refractivity contribution in [2.24, 2.45) is 5.92 Å². The Balaban J connectivity index is 1.81. The summed E-state index contributed by atoms with van der Waals surface area (Å²) in [6, 6.07) is 5.28. The van der Waals surface area contributed by atoms with E-state index in [2.05, 4.69) is 22.9 Å². The minimum Gasteiger partial charge on any atom is -0.490 e. The van der Waals surface area contributed by atoms with Crippen molar-refractivity contribution in [2.75, 3.05) is 6.61 Å². The molecule has 0 unspecified atom stereocenters. The van der Waals surface area contributed by atoms with Gasteiger partial charge >= 0.3 is 5.97 Å². The topological polar surface area (TPSA) is 52.6 Å². The monoisotopic (exact) mass is 354 g/mol. The molecule has 0 heterocycles. The SMILES string of the molecule is CCCCOC(=O)C1CC(Oc2cc(Br)ccc2C=O)C1. The second kappa shape index (κ2) is 7.59. The Morgan fingerprint density at radius 3 is 2.86 bits per heavy atom. The Hall–Kier alpha value is -1.36. The van der Waals surface area contributed by atoms with Gasteiger partial charge < -0.3 is 9.47 Å². The third-order valence-electron chi connectivity index (χ3n) is 3.57. The first-order valence-electron chi connectivity index (χ1n) is 7.22. The predicted octanol–water partition coefficient (Wildman–Crippen LogP) is 3.76. The normalized spacial score (nSPS) is 20.5. The summed E-state index contributed by atoms with van der Waals surface area (Å²) in [4.78, 5) is 22.7. The van der Waals surface area contributed by atoms with Crippen LogP contribution in [0.25, 0.3) is 0 Å². The molecule has 0 aromatic heterocycles. The van der Waals surface area contributed by atoms with E-state index in [-0.39, 0.29) is 18.0 Å². The van der Waals surface area contributed by atoms with Crippen LogP contribution in [-0.2, 0) is 9.53 Å². The molecule has 21 heavy (non-hydrogen) atoms. The predicted molar refractivity (Wildman–Crippen MR) is 82.5 cm³/mol. The second-order valence-corrected chi connectivity index (χ2v) is 6.14. The van der Waals surface area contributed by atoms with Gasteiger partial charge in [0.15, 0.2) is 6.29 Å². The summed E-state index contributed by atoms with van der Waals surface area (Å²) < 4.78 is 11.8. The maximum atomic E-state index is 11.7. The first kappa shape index (κ1) is 16.0. The van der Waals surface area contributed by atoms with Gasteiger partial charge in [0.25, 0.3) is 0 Å². The molecule has 0 radical (unpaired) electrons. The summed E-state index contributed by atoms with van der Waals surface area (Å²) >= 11 is 3.36. The Kier molecular flexibility index (Phi) is 5.79. The third kappa shape index (κ3) is 4.30. The number of halogens is 1. The van der Waals surface area contributed by atoms with Gasteiger partial charge in [0.1, 0.15) is 11.9 Å². The molecule has 1 aliphatic carbocycles. The lowest BCUT2D eigenvalue weighted by Gasteiger charge is -2.34. The van der Waals surface area contributed by atoms with Gasteiger partial charge in [0, 0.05) is 4.47 Å². The van der Waals surface area contributed by atoms with Crippen LogP contribution in [-0.4, -0.2) is 25.0 Å². The van der Waals surface area contributed by atoms with Crippen molar-refractivity contribution in [2.45, 2.75) is 38.7 Å². The van der Waals surface area contributed by atoms with Crippen molar-refractivity contribution in [3.8, 4) is 5.75 Å². The van der Waals surface area contributed by atoms with E-state index in [9.17, 15) is 9.59 Å². The number of esters is 1. The standard InChI is InChI=1S/C16H19BrO4/c1-2-3-6-20-16(19)12-7-14(8-12)21-15-9-13(17)5-4-11(15)10-18/h4-5,9-10,12,14H,2-3,6-8H2,1H3. The van der Waals surface area contributed by atoms with Crippen molar-refractivity contribution in [3.05, 3.63) is 28.2 Å². The molecule has 114 valence electrons. The minimum absolute atomic E-state index is 0.0262. The molecular weight excluding hydrogens is 336 g/mol. The fraction of sp³-hybridized carbons (Fsp3) is 0.500. The van der Waals surface area contributed by atoms with E-state index in [1.54, 1.807) is 18.2 Å². The molecule has 0 bridgehead atoms. The van der Waals surface area contributed by atoms with Crippen molar-refractivity contribution in [1.82, 2.24) is 0 Å². The van der Waals surface area contributed by atoms with Crippen LogP contribution in [0.1, 0.15) is 43.0 Å². The molecule has 1 fully saturated rings. The highest BCUT2D eigenvalue weighted by molar-refractivity contribution is 9.10. The van der Waals surface area contributed by atoms with E-state index < -0.39 is 0 Å². The third-order valence-corrected chi connectivity index (χ3v) is 4.06. The van der Waals surface area contributed by atoms with Gasteiger partial charge in [-0.05, 0) is 37.5 Å². The number of benzene rings is 1. The number of ether oxygens (including phenoxy) is 2. The van der Waals surface area contributed by atoms with Crippen molar-refractivity contribution in [3.63, 3.8) is 0 Å². The molecule has 0 N–H and O–H groups in total. The van der Waals surface area contributed by atoms with E-state index >= 15 is 0 Å². The quantitative estimate of drug-likeness (QED) is 0.425. The summed E-state index contributed by atoms with van der Waals surface area (Å²) in [5, 5.41) is 0. The van der Waals surface area contributed by atoms with Gasteiger partial charge in [0.05, 0.1) is 18.1 Å². The molecule has 1 saturated carbocycles. The summed E-state index contributed by atoms with van der Waals surface area (Å²) in [6.45, 7) is 2.56. The summed E-state index contributed by atoms with van der Waals surface area (Å²) in [7, 11) is 0. The molecule has 1 aromatic carbocycles. The molecule has 2 rings (SSSR count). The lowest BCUT2D eigenvalue weighted by molar-refractivity contribution is -0.155. The van der Waals surface area contributed by atoms with Gasteiger partial charge in [0.2, 0.25) is 0 Å². The number of carbonyl (C=O) groups excluding carboxylic acids is 2. The highest BCUT2D eigenvalue weighted by Crippen LogP contribution is 2.34. The zero-order valence-corrected chi connectivity index (χ0v) is 13.6. The molecule has 0 saturated heterocycles. The Morgan fingerprint density at radius 2 is 2.19 bits per heavy atom. The number of carbonyl (C=O) groups is 2. The average molecular weight is 355 g/mol. The smallest absolute Gasteiger partial charge is 0.309 e. The first-order chi connectivity index (χ1) is 10.1. The molecule has 0 spiro atoms. The Morgan fingerprint density at radius 1 is 1.43 bits per heavy atom. The molecule has 0 atom stereocenters. The van der Waals surface area contributed by atoms with Crippen LogP contribution in [0.15, 0.2) is 22.7 Å². The molecular formula is C16H19BrO4. The highest BCUT2D eigenvalue weighted by atomic mass is 79.9. The Bertz CT molecular complexity index is 509. The van der Waals surface area contributed by atoms with E-state index in [0.29, 0.717) is 30.8 Å². The lowest BCUT2D eigenvalue weighted by atomic mass is 9.82. The molecule has 0 aliphatic heterocycles. The van der Waals surface area contributed by atoms with E-state index in [1.165, 1.54) is 0 Å². The molecule has 1 aliphatic rings. The van der Waals surface area contributed by atoms with Gasteiger partial charge in [-0.15, -0.1) is 0 Å². The van der Waals surface area contributed by atoms with Crippen LogP contribution in [0.2, 0.25) is 0 Å². The van der Waals surface area contributed by atoms with E-state index in [0.717, 1.165) is 23.6 Å². The van der Waals surface area contributed by atoms with E-state index in [1.807, 2.05) is 0 Å². The fourth-order valence-corrected chi connectivity index (χ4v) is 2.52.